The van der Waals surface area contributed by atoms with Crippen molar-refractivity contribution in [2.75, 3.05) is 6.63 Å². The second-order valence-corrected chi connectivity index (χ2v) is 0.239. The zero-order chi connectivity index (χ0) is 8.58. The molecule has 0 N–H and O–H groups in total. The van der Waals surface area contributed by atoms with Crippen molar-refractivity contribution in [1.29, 1.82) is 0 Å². The molecule has 0 heterocycles. The molecule has 0 aromatic heterocycles. The smallest absolute Gasteiger partial charge is 0.0891 e. The van der Waals surface area contributed by atoms with Gasteiger partial charge in [0.05, 0.1) is 9.37 Å². The molecule has 0 aromatic rings. The van der Waals surface area contributed by atoms with Crippen molar-refractivity contribution >= 4 is 0 Å². The summed E-state index contributed by atoms with van der Waals surface area (Å²) in [5.41, 5.74) is 0. The molecule has 0 bridgehead atoms. The quantitative estimate of drug-likeness (QED) is 0.435. The van der Waals surface area contributed by atoms with Gasteiger partial charge in [0, 0.05) is 5.48 Å². The van der Waals surface area contributed by atoms with Crippen LogP contribution in [0.2, 0.25) is 0 Å². The fraction of sp³-hybridized carbons (Fsp3) is 1.00. The van der Waals surface area contributed by atoms with Gasteiger partial charge in [-0.15, -0.1) is 0 Å². The molecule has 0 aliphatic carbocycles. The van der Waals surface area contributed by atoms with Gasteiger partial charge >= 0.3 is 0 Å². The van der Waals surface area contributed by atoms with E-state index in [1.807, 2.05) is 0 Å². The lowest BCUT2D eigenvalue weighted by molar-refractivity contribution is 0.487. The van der Waals surface area contributed by atoms with E-state index in [0.717, 1.165) is 0 Å². The molecule has 0 saturated heterocycles. The van der Waals surface area contributed by atoms with Crippen LogP contribution in [0.5, 0.6) is 0 Å². The van der Waals surface area contributed by atoms with Gasteiger partial charge in [0.15, 0.2) is 0 Å². The van der Waals surface area contributed by atoms with E-state index in [1.165, 1.54) is 0 Å². The highest BCUT2D eigenvalue weighted by Gasteiger charge is 1.60. The topological polar surface area (TPSA) is 0 Å². The second kappa shape index (κ2) is 2.93. The summed E-state index contributed by atoms with van der Waals surface area (Å²) >= 11 is 0. The maximum Gasteiger partial charge on any atom is 0.0891 e. The van der Waals surface area contributed by atoms with Crippen molar-refractivity contribution in [3.8, 4) is 0 Å². The van der Waals surface area contributed by atoms with Gasteiger partial charge in [0.25, 0.3) is 0 Å². The van der Waals surface area contributed by atoms with Crippen molar-refractivity contribution in [1.82, 2.24) is 0 Å². The monoisotopic (exact) mass is 68.1 g/mol. The third-order valence-electron chi connectivity index (χ3n) is 0.0546. The molecule has 0 aliphatic heterocycles. The second-order valence-electron chi connectivity index (χ2n) is 0.239. The average molecular weight is 68.1 g/mol. The van der Waals surface area contributed by atoms with E-state index in [2.05, 4.69) is 0 Å². The van der Waals surface area contributed by atoms with E-state index in [1.54, 1.807) is 0 Å². The summed E-state index contributed by atoms with van der Waals surface area (Å²) < 4.78 is 50.7. The summed E-state index contributed by atoms with van der Waals surface area (Å²) in [6.07, 6.45) is -3.06. The highest BCUT2D eigenvalue weighted by atomic mass is 19.1. The SMILES string of the molecule is [2H]C([2H])C([2H])([2H])C([2H])([2H])F. The molecular formula is C3H7F. The van der Waals surface area contributed by atoms with E-state index >= 15 is 0 Å². The van der Waals surface area contributed by atoms with E-state index in [4.69, 9.17) is 8.22 Å². The molecule has 0 unspecified atom stereocenters. The summed E-state index contributed by atoms with van der Waals surface area (Å²) in [4.78, 5) is 0. The Balaban J connectivity index is 4.40. The Labute approximate surface area is 34.1 Å². The Morgan fingerprint density at radius 2 is 3.25 bits per heavy atom. The Kier molecular flexibility index (Phi) is 0.310. The van der Waals surface area contributed by atoms with Crippen molar-refractivity contribution in [3.63, 3.8) is 0 Å². The third kappa shape index (κ3) is 1.93. The first-order valence-corrected chi connectivity index (χ1v) is 0.728. The van der Waals surface area contributed by atoms with Crippen molar-refractivity contribution in [2.24, 2.45) is 0 Å². The van der Waals surface area contributed by atoms with Gasteiger partial charge in [-0.25, -0.2) is 0 Å². The molecule has 0 spiro atoms. The lowest BCUT2D eigenvalue weighted by atomic mass is 10.6. The minimum atomic E-state index is -3.62. The lowest BCUT2D eigenvalue weighted by Crippen LogP contribution is -1.58. The number of halogens is 1. The fourth-order valence-corrected chi connectivity index (χ4v) is 0. The number of hydrogen-bond donors (Lipinski definition) is 0. The Hall–Kier alpha value is -0.0700. The highest BCUT2D eigenvalue weighted by Crippen LogP contribution is 1.69. The van der Waals surface area contributed by atoms with Crippen LogP contribution in [0.3, 0.4) is 0 Å². The molecule has 0 fully saturated rings. The molecule has 0 saturated carbocycles. The molecule has 4 heavy (non-hydrogen) atoms. The van der Waals surface area contributed by atoms with Gasteiger partial charge < -0.3 is 0 Å². The Morgan fingerprint density at radius 1 is 2.50 bits per heavy atom. The first kappa shape index (κ1) is 0.423. The normalized spacial score (nSPS) is 37.5. The van der Waals surface area contributed by atoms with Crippen LogP contribution in [0, 0.1) is 0 Å². The van der Waals surface area contributed by atoms with Crippen molar-refractivity contribution in [2.45, 2.75) is 13.2 Å². The van der Waals surface area contributed by atoms with Gasteiger partial charge in [-0.05, 0) is 6.37 Å². The van der Waals surface area contributed by atoms with Gasteiger partial charge in [-0.3, -0.25) is 4.39 Å². The minimum Gasteiger partial charge on any atom is -0.251 e. The van der Waals surface area contributed by atoms with Crippen LogP contribution in [-0.4, -0.2) is 6.63 Å². The van der Waals surface area contributed by atoms with E-state index < -0.39 is 19.9 Å². The first-order valence-electron chi connectivity index (χ1n) is 3.88. The molecule has 26 valence electrons. The Morgan fingerprint density at radius 3 is 3.25 bits per heavy atom. The molecule has 0 radical (unpaired) electrons. The summed E-state index contributed by atoms with van der Waals surface area (Å²) in [5.74, 6) is 0. The van der Waals surface area contributed by atoms with Crippen LogP contribution in [0.25, 0.3) is 0 Å². The zero-order valence-electron chi connectivity index (χ0n) is 7.96. The molecule has 1 heteroatoms. The van der Waals surface area contributed by atoms with Crippen LogP contribution in [0.1, 0.15) is 21.5 Å². The number of rotatable bonds is 1. The van der Waals surface area contributed by atoms with E-state index in [9.17, 15) is 4.39 Å². The summed E-state index contributed by atoms with van der Waals surface area (Å²) in [7, 11) is 0. The van der Waals surface area contributed by atoms with Crippen molar-refractivity contribution in [3.05, 3.63) is 0 Å². The summed E-state index contributed by atoms with van der Waals surface area (Å²) in [6, 6.07) is 0. The maximum atomic E-state index is 12.1. The van der Waals surface area contributed by atoms with Gasteiger partial charge in [-0.2, -0.15) is 0 Å². The molecule has 0 rings (SSSR count). The fourth-order valence-electron chi connectivity index (χ4n) is 0. The minimum absolute atomic E-state index is 2.16. The zero-order valence-corrected chi connectivity index (χ0v) is 1.96. The summed E-state index contributed by atoms with van der Waals surface area (Å²) in [5, 5.41) is 0. The van der Waals surface area contributed by atoms with Crippen LogP contribution < -0.4 is 0 Å². The van der Waals surface area contributed by atoms with Gasteiger partial charge in [0.1, 0.15) is 0 Å². The Bertz CT molecular complexity index is 115. The maximum absolute atomic E-state index is 12.1. The van der Waals surface area contributed by atoms with Gasteiger partial charge in [0.2, 0.25) is 0 Å². The molecule has 0 aromatic carbocycles. The largest absolute Gasteiger partial charge is 0.251 e. The highest BCUT2D eigenvalue weighted by molar-refractivity contribution is 4.11. The van der Waals surface area contributed by atoms with Crippen LogP contribution in [0.4, 0.5) is 4.39 Å². The van der Waals surface area contributed by atoms with Gasteiger partial charge in [-0.1, -0.05) is 6.88 Å². The molecule has 0 nitrogen and oxygen atoms in total. The first-order chi connectivity index (χ1) is 4.19. The van der Waals surface area contributed by atoms with Crippen LogP contribution >= 0.6 is 0 Å². The average Bonchev–Trinajstić information content (AvgIpc) is 1.62. The molecular weight excluding hydrogens is 55.0 g/mol. The van der Waals surface area contributed by atoms with Crippen molar-refractivity contribution < 1.29 is 12.6 Å². The lowest BCUT2D eigenvalue weighted by Gasteiger charge is -1.64. The predicted octanol–water partition coefficient (Wildman–Crippen LogP) is 1.37. The standard InChI is InChI=1S/C3H7F/c1-2-3-4/h2-3H2,1H3/i1D2,2D2,3D2. The predicted molar refractivity (Wildman–Crippen MR) is 16.3 cm³/mol. The number of hydrogen-bond acceptors (Lipinski definition) is 0. The van der Waals surface area contributed by atoms with Crippen LogP contribution in [-0.2, 0) is 0 Å². The molecule has 0 atom stereocenters. The van der Waals surface area contributed by atoms with E-state index in [-0.39, 0.29) is 0 Å². The number of alkyl halides is 1. The molecule has 0 aliphatic rings. The summed E-state index contributed by atoms with van der Waals surface area (Å²) in [6.45, 7) is -5.78. The third-order valence-corrected chi connectivity index (χ3v) is 0.0546. The van der Waals surface area contributed by atoms with E-state index in [0.29, 0.717) is 0 Å². The molecule has 0 amide bonds. The van der Waals surface area contributed by atoms with Crippen LogP contribution in [0.15, 0.2) is 0 Å².